The zero-order valence-corrected chi connectivity index (χ0v) is 13.2. The van der Waals surface area contributed by atoms with Crippen molar-refractivity contribution in [3.63, 3.8) is 0 Å². The van der Waals surface area contributed by atoms with Crippen molar-refractivity contribution in [2.24, 2.45) is 0 Å². The Balaban J connectivity index is 2.97. The molecule has 18 heavy (non-hydrogen) atoms. The Kier molecular flexibility index (Phi) is 5.74. The number of rotatable bonds is 4. The molecule has 1 aromatic rings. The smallest absolute Gasteiger partial charge is 0.269 e. The largest absolute Gasteiger partial charge is 0.360 e. The van der Waals surface area contributed by atoms with Crippen molar-refractivity contribution in [2.45, 2.75) is 3.12 Å². The quantitative estimate of drug-likeness (QED) is 0.495. The molecule has 0 aliphatic heterocycles. The molecular weight excluding hydrogens is 364 g/mol. The molecule has 0 spiro atoms. The van der Waals surface area contributed by atoms with Crippen LogP contribution < -0.4 is 4.31 Å². The molecule has 0 unspecified atom stereocenters. The zero-order chi connectivity index (χ0) is 14.0. The second-order valence-corrected chi connectivity index (χ2v) is 8.91. The van der Waals surface area contributed by atoms with Crippen LogP contribution in [0.5, 0.6) is 0 Å². The SMILES string of the molecule is O=S(=O)(O)N(CSC(Cl)(Cl)Cl)c1ccc(Cl)cc1. The molecule has 0 aliphatic rings. The van der Waals surface area contributed by atoms with E-state index in [2.05, 4.69) is 0 Å². The van der Waals surface area contributed by atoms with Gasteiger partial charge in [-0.25, -0.2) is 4.31 Å². The van der Waals surface area contributed by atoms with Gasteiger partial charge in [-0.05, 0) is 24.3 Å². The first-order chi connectivity index (χ1) is 8.09. The summed E-state index contributed by atoms with van der Waals surface area (Å²) in [7, 11) is -4.46. The standard InChI is InChI=1S/C8H7Cl4NO3S2/c9-6-1-3-7(4-2-6)13(18(14,15)16)5-17-8(10,11)12/h1-4H,5H2,(H,14,15,16). The lowest BCUT2D eigenvalue weighted by molar-refractivity contribution is 0.480. The molecule has 1 rings (SSSR count). The molecule has 0 bridgehead atoms. The van der Waals surface area contributed by atoms with Crippen LogP contribution in [0.1, 0.15) is 0 Å². The number of nitrogens with zero attached hydrogens (tertiary/aromatic N) is 1. The Morgan fingerprint density at radius 1 is 1.22 bits per heavy atom. The van der Waals surface area contributed by atoms with E-state index in [9.17, 15) is 8.42 Å². The average Bonchev–Trinajstić information content (AvgIpc) is 2.17. The van der Waals surface area contributed by atoms with Gasteiger partial charge in [0, 0.05) is 5.02 Å². The molecule has 10 heteroatoms. The van der Waals surface area contributed by atoms with Crippen LogP contribution in [0.3, 0.4) is 0 Å². The molecule has 0 saturated heterocycles. The third kappa shape index (κ3) is 5.61. The van der Waals surface area contributed by atoms with E-state index in [1.807, 2.05) is 0 Å². The summed E-state index contributed by atoms with van der Waals surface area (Å²) in [5, 5.41) is 0.433. The van der Waals surface area contributed by atoms with E-state index in [0.717, 1.165) is 11.8 Å². The van der Waals surface area contributed by atoms with Gasteiger partial charge in [0.1, 0.15) is 0 Å². The predicted octanol–water partition coefficient (Wildman–Crippen LogP) is 3.97. The van der Waals surface area contributed by atoms with Crippen molar-refractivity contribution in [1.82, 2.24) is 0 Å². The molecule has 0 fully saturated rings. The van der Waals surface area contributed by atoms with Gasteiger partial charge in [-0.15, -0.1) is 0 Å². The molecule has 4 nitrogen and oxygen atoms in total. The minimum atomic E-state index is -4.46. The lowest BCUT2D eigenvalue weighted by Gasteiger charge is -2.22. The Morgan fingerprint density at radius 3 is 2.11 bits per heavy atom. The zero-order valence-electron chi connectivity index (χ0n) is 8.56. The normalized spacial score (nSPS) is 12.5. The highest BCUT2D eigenvalue weighted by atomic mass is 35.6. The van der Waals surface area contributed by atoms with E-state index >= 15 is 0 Å². The highest BCUT2D eigenvalue weighted by molar-refractivity contribution is 8.05. The van der Waals surface area contributed by atoms with Gasteiger partial charge in [0.05, 0.1) is 11.6 Å². The van der Waals surface area contributed by atoms with Crippen molar-refractivity contribution >= 4 is 74.2 Å². The van der Waals surface area contributed by atoms with Crippen LogP contribution in [-0.2, 0) is 10.3 Å². The van der Waals surface area contributed by atoms with E-state index in [-0.39, 0.29) is 11.6 Å². The number of halogens is 4. The van der Waals surface area contributed by atoms with E-state index in [1.54, 1.807) is 0 Å². The number of anilines is 1. The Morgan fingerprint density at radius 2 is 1.72 bits per heavy atom. The van der Waals surface area contributed by atoms with Crippen LogP contribution in [-0.4, -0.2) is 22.0 Å². The Bertz CT molecular complexity index is 500. The number of thioether (sulfide) groups is 1. The van der Waals surface area contributed by atoms with Crippen LogP contribution in [0.15, 0.2) is 24.3 Å². The van der Waals surface area contributed by atoms with Gasteiger partial charge >= 0.3 is 10.3 Å². The fourth-order valence-electron chi connectivity index (χ4n) is 1.01. The van der Waals surface area contributed by atoms with Crippen molar-refractivity contribution in [1.29, 1.82) is 0 Å². The summed E-state index contributed by atoms with van der Waals surface area (Å²) in [4.78, 5) is 0. The maximum absolute atomic E-state index is 11.2. The maximum atomic E-state index is 11.2. The van der Waals surface area contributed by atoms with Crippen LogP contribution in [0, 0.1) is 0 Å². The summed E-state index contributed by atoms with van der Waals surface area (Å²) in [5.74, 6) is -0.253. The third-order valence-corrected chi connectivity index (χ3v) is 4.75. The minimum absolute atomic E-state index is 0.212. The highest BCUT2D eigenvalue weighted by Gasteiger charge is 2.26. The Labute approximate surface area is 129 Å². The van der Waals surface area contributed by atoms with Crippen molar-refractivity contribution in [3.05, 3.63) is 29.3 Å². The molecule has 102 valence electrons. The van der Waals surface area contributed by atoms with Crippen molar-refractivity contribution in [2.75, 3.05) is 10.2 Å². The molecule has 0 aliphatic carbocycles. The van der Waals surface area contributed by atoms with Gasteiger partial charge in [0.2, 0.25) is 3.12 Å². The van der Waals surface area contributed by atoms with Crippen LogP contribution >= 0.6 is 58.2 Å². The summed E-state index contributed by atoms with van der Waals surface area (Å²) in [5.41, 5.74) is 0.212. The molecule has 1 N–H and O–H groups in total. The minimum Gasteiger partial charge on any atom is -0.269 e. The molecular formula is C8H7Cl4NO3S2. The Hall–Kier alpha value is 0.440. The lowest BCUT2D eigenvalue weighted by atomic mass is 10.3. The summed E-state index contributed by atoms with van der Waals surface area (Å²) in [6, 6.07) is 5.81. The number of hydrogen-bond donors (Lipinski definition) is 1. The maximum Gasteiger partial charge on any atom is 0.360 e. The number of benzene rings is 1. The first-order valence-electron chi connectivity index (χ1n) is 4.31. The van der Waals surface area contributed by atoms with Gasteiger partial charge in [-0.2, -0.15) is 8.42 Å². The monoisotopic (exact) mass is 369 g/mol. The molecule has 0 radical (unpaired) electrons. The topological polar surface area (TPSA) is 57.6 Å². The van der Waals surface area contributed by atoms with E-state index in [0.29, 0.717) is 9.33 Å². The van der Waals surface area contributed by atoms with Crippen molar-refractivity contribution < 1.29 is 13.0 Å². The summed E-state index contributed by atoms with van der Waals surface area (Å²) >= 11 is 22.9. The molecule has 0 heterocycles. The van der Waals surface area contributed by atoms with E-state index in [4.69, 9.17) is 51.0 Å². The molecule has 0 amide bonds. The van der Waals surface area contributed by atoms with Crippen LogP contribution in [0.4, 0.5) is 5.69 Å². The molecule has 1 aromatic carbocycles. The van der Waals surface area contributed by atoms with E-state index in [1.165, 1.54) is 24.3 Å². The number of hydrogen-bond acceptors (Lipinski definition) is 3. The fourth-order valence-corrected chi connectivity index (χ4v) is 3.07. The first-order valence-corrected chi connectivity index (χ1v) is 8.20. The van der Waals surface area contributed by atoms with Gasteiger partial charge in [0.25, 0.3) is 0 Å². The summed E-state index contributed by atoms with van der Waals surface area (Å²) < 4.78 is 30.6. The van der Waals surface area contributed by atoms with E-state index < -0.39 is 13.4 Å². The highest BCUT2D eigenvalue weighted by Crippen LogP contribution is 2.40. The van der Waals surface area contributed by atoms with Crippen LogP contribution in [0.25, 0.3) is 0 Å². The lowest BCUT2D eigenvalue weighted by Crippen LogP contribution is -2.30. The van der Waals surface area contributed by atoms with Gasteiger partial charge in [-0.3, -0.25) is 4.55 Å². The van der Waals surface area contributed by atoms with Crippen LogP contribution in [0.2, 0.25) is 5.02 Å². The average molecular weight is 371 g/mol. The van der Waals surface area contributed by atoms with Gasteiger partial charge in [-0.1, -0.05) is 58.2 Å². The van der Waals surface area contributed by atoms with Gasteiger partial charge in [0.15, 0.2) is 0 Å². The van der Waals surface area contributed by atoms with Gasteiger partial charge < -0.3 is 0 Å². The molecule has 0 atom stereocenters. The third-order valence-electron chi connectivity index (χ3n) is 1.74. The molecule has 0 saturated carbocycles. The number of alkyl halides is 3. The second kappa shape index (κ2) is 6.26. The second-order valence-electron chi connectivity index (χ2n) is 3.02. The summed E-state index contributed by atoms with van der Waals surface area (Å²) in [6.07, 6.45) is 0. The van der Waals surface area contributed by atoms with Crippen molar-refractivity contribution in [3.8, 4) is 0 Å². The molecule has 0 aromatic heterocycles. The first kappa shape index (κ1) is 16.5. The summed E-state index contributed by atoms with van der Waals surface area (Å²) in [6.45, 7) is 0. The predicted molar refractivity (Wildman–Crippen MR) is 78.2 cm³/mol. The fraction of sp³-hybridized carbons (Fsp3) is 0.250.